The quantitative estimate of drug-likeness (QED) is 0.891. The molecule has 19 heavy (non-hydrogen) atoms. The number of halogens is 1. The highest BCUT2D eigenvalue weighted by Crippen LogP contribution is 2.18. The minimum absolute atomic E-state index is 0. The molecule has 1 heterocycles. The fourth-order valence-electron chi connectivity index (χ4n) is 2.40. The van der Waals surface area contributed by atoms with Gasteiger partial charge in [0.1, 0.15) is 0 Å². The van der Waals surface area contributed by atoms with Crippen molar-refractivity contribution in [2.75, 3.05) is 6.54 Å². The van der Waals surface area contributed by atoms with Crippen molar-refractivity contribution in [3.05, 3.63) is 35.9 Å². The highest BCUT2D eigenvalue weighted by Gasteiger charge is 2.24. The molecule has 2 N–H and O–H groups in total. The Balaban J connectivity index is 0.00000180. The molecule has 0 aromatic heterocycles. The van der Waals surface area contributed by atoms with Crippen molar-refractivity contribution >= 4 is 18.3 Å². The molecule has 0 spiro atoms. The van der Waals surface area contributed by atoms with Gasteiger partial charge in [-0.3, -0.25) is 4.79 Å². The van der Waals surface area contributed by atoms with Crippen LogP contribution in [0.1, 0.15) is 38.2 Å². The van der Waals surface area contributed by atoms with Crippen molar-refractivity contribution in [3.8, 4) is 0 Å². The summed E-state index contributed by atoms with van der Waals surface area (Å²) >= 11 is 0. The van der Waals surface area contributed by atoms with Crippen molar-refractivity contribution in [2.24, 2.45) is 0 Å². The summed E-state index contributed by atoms with van der Waals surface area (Å²) in [4.78, 5) is 12.0. The Kier molecular flexibility index (Phi) is 6.32. The molecule has 1 aromatic carbocycles. The van der Waals surface area contributed by atoms with E-state index in [-0.39, 0.29) is 30.4 Å². The maximum absolute atomic E-state index is 12.0. The second kappa shape index (κ2) is 7.51. The lowest BCUT2D eigenvalue weighted by molar-refractivity contribution is -0.123. The number of nitrogens with one attached hydrogen (secondary N) is 2. The molecule has 1 fully saturated rings. The summed E-state index contributed by atoms with van der Waals surface area (Å²) in [5.74, 6) is 0.472. The second-order valence-corrected chi connectivity index (χ2v) is 5.15. The Labute approximate surface area is 121 Å². The van der Waals surface area contributed by atoms with Gasteiger partial charge in [0, 0.05) is 12.0 Å². The number of rotatable bonds is 4. The van der Waals surface area contributed by atoms with Gasteiger partial charge in [0.05, 0.1) is 6.04 Å². The zero-order valence-corrected chi connectivity index (χ0v) is 12.4. The molecular formula is C15H23ClN2O. The fraction of sp³-hybridized carbons (Fsp3) is 0.533. The summed E-state index contributed by atoms with van der Waals surface area (Å²) < 4.78 is 0. The third-order valence-corrected chi connectivity index (χ3v) is 3.82. The van der Waals surface area contributed by atoms with Gasteiger partial charge in [-0.2, -0.15) is 0 Å². The summed E-state index contributed by atoms with van der Waals surface area (Å²) in [5, 5.41) is 6.35. The Morgan fingerprint density at radius 1 is 1.32 bits per heavy atom. The van der Waals surface area contributed by atoms with Gasteiger partial charge in [-0.25, -0.2) is 0 Å². The fourth-order valence-corrected chi connectivity index (χ4v) is 2.40. The average molecular weight is 283 g/mol. The lowest BCUT2D eigenvalue weighted by atomic mass is 9.94. The van der Waals surface area contributed by atoms with Gasteiger partial charge >= 0.3 is 0 Å². The molecular weight excluding hydrogens is 260 g/mol. The molecule has 1 aromatic rings. The van der Waals surface area contributed by atoms with Crippen LogP contribution >= 0.6 is 12.4 Å². The van der Waals surface area contributed by atoms with Crippen molar-refractivity contribution in [2.45, 2.75) is 44.7 Å². The normalized spacial score (nSPS) is 21.3. The standard InChI is InChI=1S/C15H22N2O.ClH/c1-11(13-7-4-3-5-8-13)12(2)17-15(18)14-9-6-10-16-14;/h3-5,7-8,11-12,14,16H,6,9-10H2,1-2H3,(H,17,18);1H. The third-order valence-electron chi connectivity index (χ3n) is 3.82. The highest BCUT2D eigenvalue weighted by molar-refractivity contribution is 5.85. The monoisotopic (exact) mass is 282 g/mol. The van der Waals surface area contributed by atoms with Gasteiger partial charge < -0.3 is 10.6 Å². The molecule has 1 amide bonds. The molecule has 1 aliphatic heterocycles. The van der Waals surface area contributed by atoms with Gasteiger partial charge in [0.25, 0.3) is 0 Å². The maximum Gasteiger partial charge on any atom is 0.237 e. The molecule has 0 radical (unpaired) electrons. The number of carbonyl (C=O) groups excluding carboxylic acids is 1. The predicted molar refractivity (Wildman–Crippen MR) is 80.7 cm³/mol. The number of carbonyl (C=O) groups is 1. The summed E-state index contributed by atoms with van der Waals surface area (Å²) in [5.41, 5.74) is 1.27. The van der Waals surface area contributed by atoms with Gasteiger partial charge in [0.15, 0.2) is 0 Å². The molecule has 0 saturated carbocycles. The first-order valence-corrected chi connectivity index (χ1v) is 6.77. The summed E-state index contributed by atoms with van der Waals surface area (Å²) in [6.45, 7) is 5.19. The molecule has 1 saturated heterocycles. The van der Waals surface area contributed by atoms with E-state index in [0.717, 1.165) is 19.4 Å². The number of benzene rings is 1. The van der Waals surface area contributed by atoms with Crippen LogP contribution in [0.4, 0.5) is 0 Å². The molecule has 3 nitrogen and oxygen atoms in total. The van der Waals surface area contributed by atoms with E-state index >= 15 is 0 Å². The van der Waals surface area contributed by atoms with E-state index < -0.39 is 0 Å². The predicted octanol–water partition coefficient (Wildman–Crippen LogP) is 2.47. The second-order valence-electron chi connectivity index (χ2n) is 5.15. The van der Waals surface area contributed by atoms with Crippen LogP contribution in [0.15, 0.2) is 30.3 Å². The highest BCUT2D eigenvalue weighted by atomic mass is 35.5. The lowest BCUT2D eigenvalue weighted by Gasteiger charge is -2.23. The van der Waals surface area contributed by atoms with Crippen molar-refractivity contribution < 1.29 is 4.79 Å². The number of hydrogen-bond donors (Lipinski definition) is 2. The van der Waals surface area contributed by atoms with Crippen LogP contribution in [0.5, 0.6) is 0 Å². The van der Waals surface area contributed by atoms with Crippen molar-refractivity contribution in [1.29, 1.82) is 0 Å². The molecule has 106 valence electrons. The Bertz CT molecular complexity index is 390. The van der Waals surface area contributed by atoms with Crippen LogP contribution < -0.4 is 10.6 Å². The average Bonchev–Trinajstić information content (AvgIpc) is 2.92. The minimum atomic E-state index is 0. The molecule has 0 aliphatic carbocycles. The van der Waals surface area contributed by atoms with Crippen LogP contribution in [-0.4, -0.2) is 24.5 Å². The molecule has 2 rings (SSSR count). The molecule has 3 unspecified atom stereocenters. The van der Waals surface area contributed by atoms with Crippen LogP contribution in [0.25, 0.3) is 0 Å². The van der Waals surface area contributed by atoms with Crippen LogP contribution in [0.3, 0.4) is 0 Å². The van der Waals surface area contributed by atoms with E-state index in [1.807, 2.05) is 18.2 Å². The Morgan fingerprint density at radius 3 is 2.58 bits per heavy atom. The van der Waals surface area contributed by atoms with Crippen molar-refractivity contribution in [3.63, 3.8) is 0 Å². The summed E-state index contributed by atoms with van der Waals surface area (Å²) in [6, 6.07) is 10.5. The van der Waals surface area contributed by atoms with E-state index in [2.05, 4.69) is 36.6 Å². The summed E-state index contributed by atoms with van der Waals surface area (Å²) in [7, 11) is 0. The van der Waals surface area contributed by atoms with E-state index in [9.17, 15) is 4.79 Å². The minimum Gasteiger partial charge on any atom is -0.352 e. The molecule has 1 aliphatic rings. The first-order chi connectivity index (χ1) is 8.68. The van der Waals surface area contributed by atoms with Crippen molar-refractivity contribution in [1.82, 2.24) is 10.6 Å². The Morgan fingerprint density at radius 2 is 2.00 bits per heavy atom. The first-order valence-electron chi connectivity index (χ1n) is 6.77. The molecule has 3 atom stereocenters. The largest absolute Gasteiger partial charge is 0.352 e. The number of hydrogen-bond acceptors (Lipinski definition) is 2. The zero-order chi connectivity index (χ0) is 13.0. The SMILES string of the molecule is CC(NC(=O)C1CCCN1)C(C)c1ccccc1.Cl. The smallest absolute Gasteiger partial charge is 0.237 e. The van der Waals surface area contributed by atoms with Gasteiger partial charge in [-0.1, -0.05) is 37.3 Å². The zero-order valence-electron chi connectivity index (χ0n) is 11.6. The molecule has 4 heteroatoms. The summed E-state index contributed by atoms with van der Waals surface area (Å²) in [6.07, 6.45) is 2.05. The van der Waals surface area contributed by atoms with E-state index in [1.165, 1.54) is 5.56 Å². The third kappa shape index (κ3) is 4.22. The topological polar surface area (TPSA) is 41.1 Å². The van der Waals surface area contributed by atoms with Gasteiger partial charge in [0.2, 0.25) is 5.91 Å². The first kappa shape index (κ1) is 16.0. The van der Waals surface area contributed by atoms with Crippen LogP contribution in [0, 0.1) is 0 Å². The van der Waals surface area contributed by atoms with Crippen LogP contribution in [0.2, 0.25) is 0 Å². The van der Waals surface area contributed by atoms with Gasteiger partial charge in [-0.05, 0) is 31.9 Å². The molecule has 0 bridgehead atoms. The van der Waals surface area contributed by atoms with Gasteiger partial charge in [-0.15, -0.1) is 12.4 Å². The van der Waals surface area contributed by atoms with E-state index in [0.29, 0.717) is 5.92 Å². The van der Waals surface area contributed by atoms with E-state index in [1.54, 1.807) is 0 Å². The van der Waals surface area contributed by atoms with Crippen LogP contribution in [-0.2, 0) is 4.79 Å². The lowest BCUT2D eigenvalue weighted by Crippen LogP contribution is -2.45. The Hall–Kier alpha value is -1.06. The van der Waals surface area contributed by atoms with E-state index in [4.69, 9.17) is 0 Å². The number of amides is 1. The maximum atomic E-state index is 12.0.